The molecule has 0 saturated heterocycles. The standard InChI is InChI=1S/C19H17F3N4O/c1-13-6-2-3-7-14(13)11-26-12-15(10-23-26)24-18(27)25-17-9-5-4-8-16(17)19(20,21)22/h2-10,12H,11H2,1H3,(H2,24,25,27). The monoisotopic (exact) mass is 374 g/mol. The quantitative estimate of drug-likeness (QED) is 0.682. The van der Waals surface area contributed by atoms with Gasteiger partial charge in [0.05, 0.1) is 29.7 Å². The van der Waals surface area contributed by atoms with Crippen LogP contribution in [0.2, 0.25) is 0 Å². The maximum atomic E-state index is 13.0. The number of rotatable bonds is 4. The van der Waals surface area contributed by atoms with E-state index in [9.17, 15) is 18.0 Å². The lowest BCUT2D eigenvalue weighted by molar-refractivity contribution is -0.136. The highest BCUT2D eigenvalue weighted by molar-refractivity contribution is 6.00. The van der Waals surface area contributed by atoms with Crippen LogP contribution in [0.4, 0.5) is 29.3 Å². The number of hydrogen-bond acceptors (Lipinski definition) is 2. The number of benzene rings is 2. The third-order valence-electron chi connectivity index (χ3n) is 3.97. The first-order valence-corrected chi connectivity index (χ1v) is 8.14. The minimum atomic E-state index is -4.55. The molecule has 2 aromatic carbocycles. The van der Waals surface area contributed by atoms with Crippen molar-refractivity contribution in [2.75, 3.05) is 10.6 Å². The Morgan fingerprint density at radius 1 is 1.07 bits per heavy atom. The van der Waals surface area contributed by atoms with Gasteiger partial charge in [0.1, 0.15) is 0 Å². The number of carbonyl (C=O) groups excluding carboxylic acids is 1. The van der Waals surface area contributed by atoms with Crippen LogP contribution in [-0.4, -0.2) is 15.8 Å². The summed E-state index contributed by atoms with van der Waals surface area (Å²) in [6.45, 7) is 2.51. The van der Waals surface area contributed by atoms with Gasteiger partial charge in [-0.1, -0.05) is 36.4 Å². The Labute approximate surface area is 153 Å². The molecule has 1 aromatic heterocycles. The molecule has 3 rings (SSSR count). The molecule has 0 radical (unpaired) electrons. The van der Waals surface area contributed by atoms with Crippen LogP contribution < -0.4 is 10.6 Å². The molecule has 0 aliphatic carbocycles. The summed E-state index contributed by atoms with van der Waals surface area (Å²) >= 11 is 0. The van der Waals surface area contributed by atoms with E-state index in [0.717, 1.165) is 17.2 Å². The summed E-state index contributed by atoms with van der Waals surface area (Å²) in [6, 6.07) is 11.9. The zero-order valence-electron chi connectivity index (χ0n) is 14.4. The van der Waals surface area contributed by atoms with Gasteiger partial charge in [0.25, 0.3) is 0 Å². The summed E-state index contributed by atoms with van der Waals surface area (Å²) in [5.74, 6) is 0. The Bertz CT molecular complexity index is 950. The molecular formula is C19H17F3N4O. The van der Waals surface area contributed by atoms with Gasteiger partial charge in [-0.05, 0) is 30.2 Å². The summed E-state index contributed by atoms with van der Waals surface area (Å²) in [6.07, 6.45) is -1.50. The second-order valence-electron chi connectivity index (χ2n) is 5.98. The van der Waals surface area contributed by atoms with Gasteiger partial charge >= 0.3 is 12.2 Å². The van der Waals surface area contributed by atoms with Crippen LogP contribution in [0.3, 0.4) is 0 Å². The summed E-state index contributed by atoms with van der Waals surface area (Å²) in [7, 11) is 0. The Morgan fingerprint density at radius 2 is 1.78 bits per heavy atom. The number of aryl methyl sites for hydroxylation is 1. The average Bonchev–Trinajstić information content (AvgIpc) is 3.03. The Hall–Kier alpha value is -3.29. The van der Waals surface area contributed by atoms with Gasteiger partial charge in [0.2, 0.25) is 0 Å². The lowest BCUT2D eigenvalue weighted by Crippen LogP contribution is -2.21. The first-order chi connectivity index (χ1) is 12.8. The van der Waals surface area contributed by atoms with Gasteiger partial charge in [0.15, 0.2) is 0 Å². The van der Waals surface area contributed by atoms with E-state index in [2.05, 4.69) is 15.7 Å². The van der Waals surface area contributed by atoms with Crippen LogP contribution >= 0.6 is 0 Å². The summed E-state index contributed by atoms with van der Waals surface area (Å²) in [4.78, 5) is 12.1. The third-order valence-corrected chi connectivity index (χ3v) is 3.97. The lowest BCUT2D eigenvalue weighted by atomic mass is 10.1. The van der Waals surface area contributed by atoms with Crippen molar-refractivity contribution in [2.24, 2.45) is 0 Å². The molecule has 2 N–H and O–H groups in total. The molecule has 8 heteroatoms. The second kappa shape index (κ2) is 7.53. The van der Waals surface area contributed by atoms with Gasteiger partial charge in [-0.3, -0.25) is 4.68 Å². The number of halogens is 3. The molecule has 0 bridgehead atoms. The normalized spacial score (nSPS) is 11.3. The van der Waals surface area contributed by atoms with E-state index in [1.807, 2.05) is 31.2 Å². The molecule has 0 spiro atoms. The van der Waals surface area contributed by atoms with Crippen LogP contribution in [0, 0.1) is 6.92 Å². The molecule has 2 amide bonds. The van der Waals surface area contributed by atoms with Crippen LogP contribution in [0.15, 0.2) is 60.9 Å². The fourth-order valence-corrected chi connectivity index (χ4v) is 2.60. The largest absolute Gasteiger partial charge is 0.418 e. The average molecular weight is 374 g/mol. The summed E-state index contributed by atoms with van der Waals surface area (Å²) < 4.78 is 40.6. The lowest BCUT2D eigenvalue weighted by Gasteiger charge is -2.13. The summed E-state index contributed by atoms with van der Waals surface area (Å²) in [5, 5.41) is 8.88. The van der Waals surface area contributed by atoms with Crippen molar-refractivity contribution >= 4 is 17.4 Å². The maximum Gasteiger partial charge on any atom is 0.418 e. The number of hydrogen-bond donors (Lipinski definition) is 2. The van der Waals surface area contributed by atoms with E-state index in [-0.39, 0.29) is 5.69 Å². The van der Waals surface area contributed by atoms with E-state index in [1.165, 1.54) is 24.4 Å². The highest BCUT2D eigenvalue weighted by atomic mass is 19.4. The molecule has 27 heavy (non-hydrogen) atoms. The smallest absolute Gasteiger partial charge is 0.307 e. The van der Waals surface area contributed by atoms with E-state index in [0.29, 0.717) is 12.2 Å². The van der Waals surface area contributed by atoms with E-state index in [1.54, 1.807) is 10.9 Å². The Balaban J connectivity index is 1.66. The highest BCUT2D eigenvalue weighted by Crippen LogP contribution is 2.34. The van der Waals surface area contributed by atoms with E-state index >= 15 is 0 Å². The SMILES string of the molecule is Cc1ccccc1Cn1cc(NC(=O)Nc2ccccc2C(F)(F)F)cn1. The van der Waals surface area contributed by atoms with Crippen molar-refractivity contribution in [3.63, 3.8) is 0 Å². The van der Waals surface area contributed by atoms with Gasteiger partial charge in [-0.25, -0.2) is 4.79 Å². The molecule has 5 nitrogen and oxygen atoms in total. The first-order valence-electron chi connectivity index (χ1n) is 8.14. The fourth-order valence-electron chi connectivity index (χ4n) is 2.60. The molecule has 3 aromatic rings. The van der Waals surface area contributed by atoms with Gasteiger partial charge < -0.3 is 10.6 Å². The van der Waals surface area contributed by atoms with Gasteiger partial charge in [0, 0.05) is 6.20 Å². The van der Waals surface area contributed by atoms with Crippen LogP contribution in [0.25, 0.3) is 0 Å². The molecular weight excluding hydrogens is 357 g/mol. The molecule has 0 atom stereocenters. The molecule has 0 unspecified atom stereocenters. The van der Waals surface area contributed by atoms with Crippen molar-refractivity contribution in [1.29, 1.82) is 0 Å². The predicted molar refractivity (Wildman–Crippen MR) is 96.6 cm³/mol. The number of urea groups is 1. The third kappa shape index (κ3) is 4.66. The number of nitrogens with one attached hydrogen (secondary N) is 2. The Morgan fingerprint density at radius 3 is 2.52 bits per heavy atom. The van der Waals surface area contributed by atoms with Gasteiger partial charge in [-0.15, -0.1) is 0 Å². The molecule has 0 aliphatic rings. The predicted octanol–water partition coefficient (Wildman–Crippen LogP) is 4.90. The molecule has 140 valence electrons. The summed E-state index contributed by atoms with van der Waals surface area (Å²) in [5.41, 5.74) is 1.36. The number of carbonyl (C=O) groups is 1. The number of para-hydroxylation sites is 1. The minimum Gasteiger partial charge on any atom is -0.307 e. The minimum absolute atomic E-state index is 0.310. The number of anilines is 2. The Kier molecular flexibility index (Phi) is 5.16. The molecule has 0 aliphatic heterocycles. The van der Waals surface area contributed by atoms with Gasteiger partial charge in [-0.2, -0.15) is 18.3 Å². The second-order valence-corrected chi connectivity index (χ2v) is 5.98. The van der Waals surface area contributed by atoms with Crippen molar-refractivity contribution < 1.29 is 18.0 Å². The zero-order chi connectivity index (χ0) is 19.4. The fraction of sp³-hybridized carbons (Fsp3) is 0.158. The number of alkyl halides is 3. The van der Waals surface area contributed by atoms with Crippen molar-refractivity contribution in [1.82, 2.24) is 9.78 Å². The van der Waals surface area contributed by atoms with Crippen LogP contribution in [-0.2, 0) is 12.7 Å². The molecule has 1 heterocycles. The van der Waals surface area contributed by atoms with E-state index in [4.69, 9.17) is 0 Å². The van der Waals surface area contributed by atoms with Crippen molar-refractivity contribution in [3.8, 4) is 0 Å². The molecule has 0 saturated carbocycles. The number of aromatic nitrogens is 2. The number of nitrogens with zero attached hydrogens (tertiary/aromatic N) is 2. The molecule has 0 fully saturated rings. The van der Waals surface area contributed by atoms with Crippen LogP contribution in [0.5, 0.6) is 0 Å². The van der Waals surface area contributed by atoms with Crippen molar-refractivity contribution in [3.05, 3.63) is 77.6 Å². The van der Waals surface area contributed by atoms with Crippen LogP contribution in [0.1, 0.15) is 16.7 Å². The number of amides is 2. The first kappa shape index (κ1) is 18.5. The van der Waals surface area contributed by atoms with Crippen molar-refractivity contribution in [2.45, 2.75) is 19.6 Å². The topological polar surface area (TPSA) is 59.0 Å². The highest BCUT2D eigenvalue weighted by Gasteiger charge is 2.33. The van der Waals surface area contributed by atoms with E-state index < -0.39 is 17.8 Å². The zero-order valence-corrected chi connectivity index (χ0v) is 14.4. The maximum absolute atomic E-state index is 13.0.